The van der Waals surface area contributed by atoms with Crippen molar-refractivity contribution in [3.05, 3.63) is 87.5 Å². The van der Waals surface area contributed by atoms with Crippen LogP contribution in [0.3, 0.4) is 0 Å². The second kappa shape index (κ2) is 9.61. The number of aryl methyl sites for hydroxylation is 2. The second-order valence-electron chi connectivity index (χ2n) is 10.7. The maximum atomic E-state index is 13.7. The lowest BCUT2D eigenvalue weighted by Crippen LogP contribution is -2.42. The highest BCUT2D eigenvalue weighted by Gasteiger charge is 2.31. The van der Waals surface area contributed by atoms with Gasteiger partial charge in [-0.3, -0.25) is 9.59 Å². The molecule has 0 bridgehead atoms. The Kier molecular flexibility index (Phi) is 6.14. The summed E-state index contributed by atoms with van der Waals surface area (Å²) in [5.41, 5.74) is 5.58. The van der Waals surface area contributed by atoms with Gasteiger partial charge in [-0.2, -0.15) is 10.2 Å². The Hall–Kier alpha value is -3.74. The molecular formula is C30H33N5O2. The van der Waals surface area contributed by atoms with Gasteiger partial charge in [-0.1, -0.05) is 48.0 Å². The Morgan fingerprint density at radius 1 is 1.00 bits per heavy atom. The van der Waals surface area contributed by atoms with Crippen molar-refractivity contribution in [3.8, 4) is 5.69 Å². The summed E-state index contributed by atoms with van der Waals surface area (Å²) in [7, 11) is 0. The molecule has 0 N–H and O–H groups in total. The van der Waals surface area contributed by atoms with Crippen molar-refractivity contribution in [2.45, 2.75) is 58.4 Å². The number of piperidine rings is 1. The average molecular weight is 496 g/mol. The molecule has 1 saturated heterocycles. The van der Waals surface area contributed by atoms with Gasteiger partial charge in [0, 0.05) is 24.4 Å². The molecule has 2 aromatic heterocycles. The van der Waals surface area contributed by atoms with Gasteiger partial charge in [0.1, 0.15) is 12.1 Å². The molecule has 0 spiro atoms. The highest BCUT2D eigenvalue weighted by molar-refractivity contribution is 5.83. The molecule has 37 heavy (non-hydrogen) atoms. The summed E-state index contributed by atoms with van der Waals surface area (Å²) in [6.45, 7) is 5.50. The molecule has 0 atom stereocenters. The van der Waals surface area contributed by atoms with Crippen LogP contribution in [0.25, 0.3) is 16.6 Å². The summed E-state index contributed by atoms with van der Waals surface area (Å²) >= 11 is 0. The molecule has 2 fully saturated rings. The van der Waals surface area contributed by atoms with Gasteiger partial charge >= 0.3 is 0 Å². The van der Waals surface area contributed by atoms with Crippen LogP contribution in [0, 0.1) is 19.8 Å². The minimum atomic E-state index is -0.260. The molecule has 0 radical (unpaired) electrons. The Morgan fingerprint density at radius 2 is 1.76 bits per heavy atom. The zero-order chi connectivity index (χ0) is 25.5. The first-order valence-corrected chi connectivity index (χ1v) is 13.4. The Balaban J connectivity index is 1.25. The van der Waals surface area contributed by atoms with Gasteiger partial charge in [-0.15, -0.1) is 0 Å². The van der Waals surface area contributed by atoms with E-state index in [1.165, 1.54) is 10.2 Å². The van der Waals surface area contributed by atoms with Crippen LogP contribution in [0.15, 0.2) is 59.5 Å². The number of hydrogen-bond acceptors (Lipinski definition) is 4. The van der Waals surface area contributed by atoms with Gasteiger partial charge in [-0.05, 0) is 69.1 Å². The van der Waals surface area contributed by atoms with Crippen molar-refractivity contribution in [1.82, 2.24) is 24.5 Å². The van der Waals surface area contributed by atoms with E-state index in [9.17, 15) is 9.59 Å². The lowest BCUT2D eigenvalue weighted by atomic mass is 9.90. The molecule has 1 aliphatic carbocycles. The fraction of sp³-hybridized carbons (Fsp3) is 0.400. The van der Waals surface area contributed by atoms with E-state index in [0.29, 0.717) is 17.4 Å². The van der Waals surface area contributed by atoms with E-state index in [-0.39, 0.29) is 18.0 Å². The number of hydrogen-bond donors (Lipinski definition) is 0. The largest absolute Gasteiger partial charge is 0.341 e. The fourth-order valence-electron chi connectivity index (χ4n) is 5.65. The third kappa shape index (κ3) is 4.70. The number of benzene rings is 2. The number of likely N-dealkylation sites (tertiary alicyclic amines) is 1. The summed E-state index contributed by atoms with van der Waals surface area (Å²) in [5.74, 6) is 0.874. The zero-order valence-electron chi connectivity index (χ0n) is 21.6. The number of carbonyl (C=O) groups is 1. The molecule has 6 rings (SSSR count). The van der Waals surface area contributed by atoms with Gasteiger partial charge in [0.2, 0.25) is 5.91 Å². The lowest BCUT2D eigenvalue weighted by Gasteiger charge is -2.32. The predicted octanol–water partition coefficient (Wildman–Crippen LogP) is 4.56. The van der Waals surface area contributed by atoms with E-state index in [1.54, 1.807) is 10.9 Å². The number of aromatic nitrogens is 4. The quantitative estimate of drug-likeness (QED) is 0.393. The summed E-state index contributed by atoms with van der Waals surface area (Å²) < 4.78 is 3.12. The van der Waals surface area contributed by atoms with Crippen LogP contribution >= 0.6 is 0 Å². The molecule has 3 heterocycles. The standard InChI is InChI=1S/C30H33N5O2/c1-20-8-11-26(21(2)16-20)35-29-25(18-31-35)28(24-9-10-24)32-34(30(29)37)19-27(36)33-14-12-23(13-15-33)17-22-6-4-3-5-7-22/h3-8,11,16,18,23-24H,9-10,12-15,17,19H2,1-2H3. The molecule has 190 valence electrons. The number of rotatable bonds is 6. The van der Waals surface area contributed by atoms with Crippen molar-refractivity contribution >= 4 is 16.8 Å². The van der Waals surface area contributed by atoms with E-state index >= 15 is 0 Å². The van der Waals surface area contributed by atoms with Gasteiger partial charge in [0.15, 0.2) is 0 Å². The normalized spacial score (nSPS) is 16.4. The van der Waals surface area contributed by atoms with E-state index in [1.807, 2.05) is 30.0 Å². The summed E-state index contributed by atoms with van der Waals surface area (Å²) in [6, 6.07) is 16.7. The topological polar surface area (TPSA) is 73.0 Å². The maximum absolute atomic E-state index is 13.7. The lowest BCUT2D eigenvalue weighted by molar-refractivity contribution is -0.133. The number of amides is 1. The molecule has 2 aromatic carbocycles. The Bertz CT molecular complexity index is 1510. The predicted molar refractivity (Wildman–Crippen MR) is 144 cm³/mol. The molecule has 1 aliphatic heterocycles. The van der Waals surface area contributed by atoms with Crippen molar-refractivity contribution in [2.75, 3.05) is 13.1 Å². The molecule has 0 unspecified atom stereocenters. The van der Waals surface area contributed by atoms with Gasteiger partial charge < -0.3 is 4.90 Å². The van der Waals surface area contributed by atoms with Crippen molar-refractivity contribution < 1.29 is 4.79 Å². The van der Waals surface area contributed by atoms with E-state index in [0.717, 1.165) is 73.1 Å². The number of nitrogens with zero attached hydrogens (tertiary/aromatic N) is 5. The van der Waals surface area contributed by atoms with Crippen LogP contribution in [-0.2, 0) is 17.8 Å². The van der Waals surface area contributed by atoms with Crippen LogP contribution in [-0.4, -0.2) is 43.5 Å². The average Bonchev–Trinajstić information content (AvgIpc) is 3.65. The molecule has 1 amide bonds. The van der Waals surface area contributed by atoms with Crippen molar-refractivity contribution in [2.24, 2.45) is 5.92 Å². The van der Waals surface area contributed by atoms with Crippen LogP contribution in [0.1, 0.15) is 54.0 Å². The highest BCUT2D eigenvalue weighted by atomic mass is 16.2. The molecule has 4 aromatic rings. The third-order valence-corrected chi connectivity index (χ3v) is 7.87. The Morgan fingerprint density at radius 3 is 2.46 bits per heavy atom. The van der Waals surface area contributed by atoms with Crippen LogP contribution in [0.2, 0.25) is 0 Å². The monoisotopic (exact) mass is 495 g/mol. The second-order valence-corrected chi connectivity index (χ2v) is 10.7. The summed E-state index contributed by atoms with van der Waals surface area (Å²) in [5, 5.41) is 10.1. The molecular weight excluding hydrogens is 462 g/mol. The SMILES string of the molecule is Cc1ccc(-n2ncc3c(C4CC4)nn(CC(=O)N4CCC(Cc5ccccc5)CC4)c(=O)c32)c(C)c1. The van der Waals surface area contributed by atoms with Gasteiger partial charge in [0.05, 0.1) is 17.6 Å². The molecule has 1 saturated carbocycles. The van der Waals surface area contributed by atoms with Gasteiger partial charge in [0.25, 0.3) is 5.56 Å². The maximum Gasteiger partial charge on any atom is 0.293 e. The fourth-order valence-corrected chi connectivity index (χ4v) is 5.65. The van der Waals surface area contributed by atoms with Crippen molar-refractivity contribution in [3.63, 3.8) is 0 Å². The van der Waals surface area contributed by atoms with Crippen LogP contribution in [0.4, 0.5) is 0 Å². The van der Waals surface area contributed by atoms with E-state index < -0.39 is 0 Å². The first-order valence-electron chi connectivity index (χ1n) is 13.4. The van der Waals surface area contributed by atoms with Crippen LogP contribution < -0.4 is 5.56 Å². The first kappa shape index (κ1) is 23.6. The van der Waals surface area contributed by atoms with E-state index in [4.69, 9.17) is 5.10 Å². The Labute approximate surface area is 216 Å². The molecule has 2 aliphatic rings. The third-order valence-electron chi connectivity index (χ3n) is 7.87. The summed E-state index contributed by atoms with van der Waals surface area (Å²) in [6.07, 6.45) is 6.88. The number of carbonyl (C=O) groups excluding carboxylic acids is 1. The highest BCUT2D eigenvalue weighted by Crippen LogP contribution is 2.41. The van der Waals surface area contributed by atoms with Gasteiger partial charge in [-0.25, -0.2) is 9.36 Å². The smallest absolute Gasteiger partial charge is 0.293 e. The minimum Gasteiger partial charge on any atom is -0.341 e. The summed E-state index contributed by atoms with van der Waals surface area (Å²) in [4.78, 5) is 28.9. The zero-order valence-corrected chi connectivity index (χ0v) is 21.6. The van der Waals surface area contributed by atoms with Crippen LogP contribution in [0.5, 0.6) is 0 Å². The van der Waals surface area contributed by atoms with E-state index in [2.05, 4.69) is 42.4 Å². The molecule has 7 heteroatoms. The minimum absolute atomic E-state index is 0.0318. The number of fused-ring (bicyclic) bond motifs is 1. The molecule has 7 nitrogen and oxygen atoms in total. The van der Waals surface area contributed by atoms with Crippen molar-refractivity contribution in [1.29, 1.82) is 0 Å². The first-order chi connectivity index (χ1) is 18.0.